The fraction of sp³-hybridized carbons (Fsp3) is 0.125. The molecule has 0 bridgehead atoms. The van der Waals surface area contributed by atoms with Gasteiger partial charge in [-0.25, -0.2) is 9.97 Å². The Morgan fingerprint density at radius 3 is 1.25 bits per heavy atom. The summed E-state index contributed by atoms with van der Waals surface area (Å²) in [6.07, 6.45) is 3.60. The minimum absolute atomic E-state index is 0. The number of pyridine rings is 2. The van der Waals surface area contributed by atoms with Crippen molar-refractivity contribution in [3.8, 4) is 34.6 Å². The number of allylic oxidation sites excluding steroid dienone is 4. The fourth-order valence-electron chi connectivity index (χ4n) is 7.69. The molecule has 0 aliphatic carbocycles. The van der Waals surface area contributed by atoms with E-state index in [0.29, 0.717) is 23.0 Å². The van der Waals surface area contributed by atoms with Gasteiger partial charge in [-0.15, -0.1) is 72.0 Å². The van der Waals surface area contributed by atoms with Crippen LogP contribution in [0.3, 0.4) is 0 Å². The number of fused-ring (bicyclic) bond motifs is 5. The number of benzene rings is 4. The zero-order valence-electron chi connectivity index (χ0n) is 33.6. The fourth-order valence-corrected chi connectivity index (χ4v) is 7.69. The number of hydrogen-bond donors (Lipinski definition) is 0. The van der Waals surface area contributed by atoms with Crippen LogP contribution in [0.15, 0.2) is 132 Å². The molecule has 6 heterocycles. The van der Waals surface area contributed by atoms with E-state index in [4.69, 9.17) is 19.4 Å². The Morgan fingerprint density at radius 2 is 0.883 bits per heavy atom. The maximum absolute atomic E-state index is 6.50. The van der Waals surface area contributed by atoms with Crippen molar-refractivity contribution >= 4 is 44.2 Å². The van der Waals surface area contributed by atoms with Gasteiger partial charge >= 0.3 is 0 Å². The third-order valence-corrected chi connectivity index (χ3v) is 11.1. The van der Waals surface area contributed by atoms with Gasteiger partial charge in [-0.1, -0.05) is 33.9 Å². The standard InChI is InChI=1S/C48H38N8O2.2Pt/c1-31-33(3)53(29-51(31)5)35-13-11-15-37(25-35)57-39-19-21-41-43(27-39)55(45-17-7-9-23-49-45)48-42-22-20-40(28-44(42)56(47(41)48)46-18-8-10-24-50-46)58-38-16-12-14-36(26-38)54-30-52(6)32(2)34(54)4;;/h7-24,29-30H,1-6H3;;/q-6;;. The van der Waals surface area contributed by atoms with Crippen molar-refractivity contribution in [2.24, 2.45) is 0 Å². The van der Waals surface area contributed by atoms with Gasteiger partial charge in [0.1, 0.15) is 11.6 Å². The number of aromatic nitrogens is 4. The van der Waals surface area contributed by atoms with Crippen LogP contribution in [0, 0.1) is 37.6 Å². The molecule has 0 spiro atoms. The Bertz CT molecular complexity index is 2760. The molecule has 10 rings (SSSR count). The van der Waals surface area contributed by atoms with Gasteiger partial charge < -0.3 is 38.2 Å². The summed E-state index contributed by atoms with van der Waals surface area (Å²) in [5, 5.41) is 1.89. The van der Waals surface area contributed by atoms with Gasteiger partial charge in [0, 0.05) is 99.9 Å². The van der Waals surface area contributed by atoms with Gasteiger partial charge in [0.15, 0.2) is 0 Å². The van der Waals surface area contributed by atoms with Gasteiger partial charge in [0.2, 0.25) is 0 Å². The molecule has 0 radical (unpaired) electrons. The molecule has 4 aromatic heterocycles. The second-order valence-electron chi connectivity index (χ2n) is 14.5. The molecule has 8 aromatic rings. The van der Waals surface area contributed by atoms with Crippen LogP contribution in [0.4, 0.5) is 11.4 Å². The van der Waals surface area contributed by atoms with Gasteiger partial charge in [0.25, 0.3) is 0 Å². The molecule has 308 valence electrons. The number of hydrogen-bond acceptors (Lipinski definition) is 8. The average Bonchev–Trinajstić information content (AvgIpc) is 3.92. The molecule has 0 N–H and O–H groups in total. The molecule has 60 heavy (non-hydrogen) atoms. The first-order chi connectivity index (χ1) is 28.2. The summed E-state index contributed by atoms with van der Waals surface area (Å²) in [5.74, 6) is 3.76. The van der Waals surface area contributed by atoms with Crippen molar-refractivity contribution in [2.45, 2.75) is 27.7 Å². The van der Waals surface area contributed by atoms with E-state index in [1.54, 1.807) is 12.4 Å². The maximum Gasteiger partial charge on any atom is 0.134 e. The van der Waals surface area contributed by atoms with E-state index >= 15 is 0 Å². The second kappa shape index (κ2) is 16.3. The van der Waals surface area contributed by atoms with Crippen molar-refractivity contribution in [3.05, 3.63) is 170 Å². The van der Waals surface area contributed by atoms with E-state index in [9.17, 15) is 0 Å². The number of rotatable bonds is 8. The normalized spacial score (nSPS) is 14.2. The van der Waals surface area contributed by atoms with E-state index in [0.717, 1.165) is 67.2 Å². The number of ether oxygens (including phenoxy) is 2. The SMILES string of the molecule is CC1=C(C)N(c2[c-]c(Oc3[c-]c4c(cc3)c3c(c5ccc(Oc6[c-]c(N7[CH-]N(C)C(C)=C7C)ccc6)[c-]c5n3-c3ccccn3)n4-c3ccccn3)ccc2)[CH-]N1C.[Pt].[Pt]. The van der Waals surface area contributed by atoms with Crippen LogP contribution in [0.5, 0.6) is 23.0 Å². The third kappa shape index (κ3) is 6.95. The Morgan fingerprint density at radius 1 is 0.467 bits per heavy atom. The van der Waals surface area contributed by atoms with Crippen molar-refractivity contribution < 1.29 is 51.6 Å². The topological polar surface area (TPSA) is 67.1 Å². The molecule has 0 saturated carbocycles. The molecule has 0 amide bonds. The number of nitrogens with zero attached hydrogens (tertiary/aromatic N) is 8. The van der Waals surface area contributed by atoms with Crippen molar-refractivity contribution in [2.75, 3.05) is 23.9 Å². The third-order valence-electron chi connectivity index (χ3n) is 11.1. The summed E-state index contributed by atoms with van der Waals surface area (Å²) in [7, 11) is 4.09. The van der Waals surface area contributed by atoms with Crippen molar-refractivity contribution in [3.63, 3.8) is 0 Å². The Kier molecular flexibility index (Phi) is 11.1. The molecule has 2 aliphatic heterocycles. The van der Waals surface area contributed by atoms with E-state index in [1.165, 1.54) is 11.4 Å². The zero-order valence-corrected chi connectivity index (χ0v) is 38.1. The smallest absolute Gasteiger partial charge is 0.134 e. The summed E-state index contributed by atoms with van der Waals surface area (Å²) < 4.78 is 17.3. The molecule has 4 aromatic carbocycles. The van der Waals surface area contributed by atoms with Crippen LogP contribution in [-0.4, -0.2) is 43.0 Å². The van der Waals surface area contributed by atoms with Crippen molar-refractivity contribution in [1.82, 2.24) is 28.9 Å². The maximum atomic E-state index is 6.50. The van der Waals surface area contributed by atoms with Crippen LogP contribution >= 0.6 is 0 Å². The van der Waals surface area contributed by atoms with Crippen LogP contribution in [0.1, 0.15) is 27.7 Å². The predicted octanol–water partition coefficient (Wildman–Crippen LogP) is 10.5. The zero-order chi connectivity index (χ0) is 39.7. The summed E-state index contributed by atoms with van der Waals surface area (Å²) in [4.78, 5) is 18.1. The minimum atomic E-state index is 0. The number of anilines is 2. The molecule has 10 nitrogen and oxygen atoms in total. The summed E-state index contributed by atoms with van der Waals surface area (Å²) >= 11 is 0. The summed E-state index contributed by atoms with van der Waals surface area (Å²) in [6.45, 7) is 12.5. The van der Waals surface area contributed by atoms with Crippen molar-refractivity contribution in [1.29, 1.82) is 0 Å². The van der Waals surface area contributed by atoms with Crippen LogP contribution in [0.25, 0.3) is 44.5 Å². The minimum Gasteiger partial charge on any atom is -0.509 e. The Balaban J connectivity index is 0.00000249. The Hall–Kier alpha value is -5.82. The first-order valence-electron chi connectivity index (χ1n) is 19.0. The monoisotopic (exact) mass is 1150 g/mol. The molecule has 12 heteroatoms. The predicted molar refractivity (Wildman–Crippen MR) is 227 cm³/mol. The quantitative estimate of drug-likeness (QED) is 0.140. The van der Waals surface area contributed by atoms with Gasteiger partial charge in [-0.2, -0.15) is 37.6 Å². The second-order valence-corrected chi connectivity index (χ2v) is 14.5. The molecule has 0 unspecified atom stereocenters. The molecular formula is C48H38N8O2Pt2-6. The first kappa shape index (κ1) is 40.9. The van der Waals surface area contributed by atoms with Gasteiger partial charge in [-0.05, 0) is 77.4 Å². The molecule has 2 aliphatic rings. The first-order valence-corrected chi connectivity index (χ1v) is 19.0. The summed E-state index contributed by atoms with van der Waals surface area (Å²) in [6, 6.07) is 45.8. The molecule has 0 saturated heterocycles. The molecule has 0 atom stereocenters. The van der Waals surface area contributed by atoms with Crippen LogP contribution in [0.2, 0.25) is 0 Å². The van der Waals surface area contributed by atoms with E-state index in [1.807, 2.05) is 99.0 Å². The van der Waals surface area contributed by atoms with E-state index in [-0.39, 0.29) is 42.1 Å². The van der Waals surface area contributed by atoms with E-state index in [2.05, 4.69) is 106 Å². The van der Waals surface area contributed by atoms with Crippen LogP contribution in [-0.2, 0) is 42.1 Å². The largest absolute Gasteiger partial charge is 0.509 e. The van der Waals surface area contributed by atoms with Gasteiger partial charge in [-0.3, -0.25) is 0 Å². The summed E-state index contributed by atoms with van der Waals surface area (Å²) in [5.41, 5.74) is 9.91. The van der Waals surface area contributed by atoms with Crippen LogP contribution < -0.4 is 19.3 Å². The molecule has 0 fully saturated rings. The Labute approximate surface area is 378 Å². The average molecular weight is 1150 g/mol. The molecular weight excluding hydrogens is 1110 g/mol. The van der Waals surface area contributed by atoms with Gasteiger partial charge in [0.05, 0.1) is 0 Å². The van der Waals surface area contributed by atoms with E-state index < -0.39 is 0 Å².